The summed E-state index contributed by atoms with van der Waals surface area (Å²) in [5, 5.41) is 0.963. The molecule has 0 aliphatic carbocycles. The first-order valence-electron chi connectivity index (χ1n) is 4.29. The molecule has 0 aromatic carbocycles. The van der Waals surface area contributed by atoms with Gasteiger partial charge in [0.25, 0.3) is 0 Å². The van der Waals surface area contributed by atoms with E-state index < -0.39 is 0 Å². The fourth-order valence-corrected chi connectivity index (χ4v) is 1.65. The highest BCUT2D eigenvalue weighted by molar-refractivity contribution is 5.93. The first kappa shape index (κ1) is 7.32. The van der Waals surface area contributed by atoms with Gasteiger partial charge in [-0.3, -0.25) is 0 Å². The van der Waals surface area contributed by atoms with Gasteiger partial charge in [-0.2, -0.15) is 0 Å². The van der Waals surface area contributed by atoms with E-state index in [0.29, 0.717) is 0 Å². The highest BCUT2D eigenvalue weighted by Crippen LogP contribution is 2.17. The number of aromatic amines is 1. The predicted molar refractivity (Wildman–Crippen MR) is 53.3 cm³/mol. The van der Waals surface area contributed by atoms with Crippen molar-refractivity contribution in [3.05, 3.63) is 47.3 Å². The lowest BCUT2D eigenvalue weighted by molar-refractivity contribution is 1.12. The third-order valence-electron chi connectivity index (χ3n) is 2.28. The second kappa shape index (κ2) is 2.45. The molecule has 3 heterocycles. The zero-order valence-corrected chi connectivity index (χ0v) is 7.27. The van der Waals surface area contributed by atoms with Crippen LogP contribution in [0.15, 0.2) is 41.6 Å². The maximum Gasteiger partial charge on any atom is 0.345 e. The SMILES string of the molecule is O=c1ncc2c(cn3ccccc23)[nH]1. The molecule has 0 radical (unpaired) electrons. The van der Waals surface area contributed by atoms with Crippen molar-refractivity contribution >= 4 is 16.4 Å². The molecule has 0 amide bonds. The van der Waals surface area contributed by atoms with Gasteiger partial charge in [-0.25, -0.2) is 9.78 Å². The number of aromatic nitrogens is 3. The molecule has 68 valence electrons. The Bertz CT molecular complexity index is 665. The maximum absolute atomic E-state index is 11.0. The first-order chi connectivity index (χ1) is 6.84. The van der Waals surface area contributed by atoms with E-state index in [0.717, 1.165) is 16.4 Å². The summed E-state index contributed by atoms with van der Waals surface area (Å²) in [5.41, 5.74) is 1.55. The van der Waals surface area contributed by atoms with E-state index in [-0.39, 0.29) is 5.69 Å². The largest absolute Gasteiger partial charge is 0.345 e. The van der Waals surface area contributed by atoms with Crippen LogP contribution in [-0.4, -0.2) is 14.4 Å². The second-order valence-electron chi connectivity index (χ2n) is 3.14. The Balaban J connectivity index is 2.63. The fourth-order valence-electron chi connectivity index (χ4n) is 1.65. The van der Waals surface area contributed by atoms with Crippen LogP contribution >= 0.6 is 0 Å². The molecular formula is C10H7N3O. The lowest BCUT2D eigenvalue weighted by Crippen LogP contribution is -2.07. The normalized spacial score (nSPS) is 11.1. The highest BCUT2D eigenvalue weighted by Gasteiger charge is 2.02. The number of nitrogens with one attached hydrogen (secondary N) is 1. The molecule has 0 saturated carbocycles. The van der Waals surface area contributed by atoms with Crippen molar-refractivity contribution in [2.24, 2.45) is 0 Å². The number of rotatable bonds is 0. The summed E-state index contributed by atoms with van der Waals surface area (Å²) in [4.78, 5) is 17.4. The van der Waals surface area contributed by atoms with Crippen molar-refractivity contribution in [1.82, 2.24) is 14.4 Å². The molecule has 0 saturated heterocycles. The Morgan fingerprint density at radius 3 is 3.21 bits per heavy atom. The van der Waals surface area contributed by atoms with E-state index in [2.05, 4.69) is 9.97 Å². The van der Waals surface area contributed by atoms with Gasteiger partial charge in [0.1, 0.15) is 0 Å². The van der Waals surface area contributed by atoms with Crippen LogP contribution in [0.5, 0.6) is 0 Å². The minimum atomic E-state index is -0.312. The summed E-state index contributed by atoms with van der Waals surface area (Å²) in [5.74, 6) is 0. The van der Waals surface area contributed by atoms with Crippen LogP contribution in [0.25, 0.3) is 16.4 Å². The first-order valence-corrected chi connectivity index (χ1v) is 4.29. The molecule has 3 aromatic heterocycles. The average molecular weight is 185 g/mol. The van der Waals surface area contributed by atoms with Crippen molar-refractivity contribution in [2.45, 2.75) is 0 Å². The summed E-state index contributed by atoms with van der Waals surface area (Å²) in [6, 6.07) is 5.89. The average Bonchev–Trinajstić information content (AvgIpc) is 2.54. The quantitative estimate of drug-likeness (QED) is 0.571. The van der Waals surface area contributed by atoms with Crippen LogP contribution in [0.2, 0.25) is 0 Å². The molecule has 3 aromatic rings. The highest BCUT2D eigenvalue weighted by atomic mass is 16.1. The summed E-state index contributed by atoms with van der Waals surface area (Å²) < 4.78 is 1.96. The number of nitrogens with zero attached hydrogens (tertiary/aromatic N) is 2. The Morgan fingerprint density at radius 1 is 1.36 bits per heavy atom. The lowest BCUT2D eigenvalue weighted by atomic mass is 10.3. The second-order valence-corrected chi connectivity index (χ2v) is 3.14. The molecule has 0 spiro atoms. The van der Waals surface area contributed by atoms with Gasteiger partial charge in [-0.1, -0.05) is 6.07 Å². The zero-order valence-electron chi connectivity index (χ0n) is 7.27. The maximum atomic E-state index is 11.0. The third-order valence-corrected chi connectivity index (χ3v) is 2.28. The molecule has 0 bridgehead atoms. The van der Waals surface area contributed by atoms with E-state index in [1.165, 1.54) is 0 Å². The molecule has 14 heavy (non-hydrogen) atoms. The lowest BCUT2D eigenvalue weighted by Gasteiger charge is -1.90. The standard InChI is InChI=1S/C10H7N3O/c14-10-11-5-7-8(12-10)6-13-4-2-1-3-9(7)13/h1-6H,(H,12,14). The van der Waals surface area contributed by atoms with Crippen molar-refractivity contribution < 1.29 is 0 Å². The summed E-state index contributed by atoms with van der Waals surface area (Å²) in [7, 11) is 0. The third kappa shape index (κ3) is 0.877. The van der Waals surface area contributed by atoms with E-state index in [4.69, 9.17) is 0 Å². The van der Waals surface area contributed by atoms with Gasteiger partial charge in [0, 0.05) is 24.0 Å². The molecule has 0 aliphatic rings. The van der Waals surface area contributed by atoms with Crippen LogP contribution < -0.4 is 5.69 Å². The molecule has 4 nitrogen and oxygen atoms in total. The van der Waals surface area contributed by atoms with Crippen molar-refractivity contribution in [1.29, 1.82) is 0 Å². The number of fused-ring (bicyclic) bond motifs is 3. The predicted octanol–water partition coefficient (Wildman–Crippen LogP) is 1.18. The van der Waals surface area contributed by atoms with Crippen LogP contribution in [0.4, 0.5) is 0 Å². The number of hydrogen-bond donors (Lipinski definition) is 1. The number of H-pyrrole nitrogens is 1. The number of hydrogen-bond acceptors (Lipinski definition) is 2. The van der Waals surface area contributed by atoms with Crippen molar-refractivity contribution in [3.63, 3.8) is 0 Å². The smallest absolute Gasteiger partial charge is 0.321 e. The Labute approximate surface area is 78.8 Å². The van der Waals surface area contributed by atoms with E-state index in [1.807, 2.05) is 35.0 Å². The van der Waals surface area contributed by atoms with Gasteiger partial charge in [0.05, 0.1) is 11.0 Å². The monoisotopic (exact) mass is 185 g/mol. The molecule has 4 heteroatoms. The van der Waals surface area contributed by atoms with Gasteiger partial charge in [-0.05, 0) is 12.1 Å². The summed E-state index contributed by atoms with van der Waals surface area (Å²) in [6.45, 7) is 0. The molecule has 0 unspecified atom stereocenters. The van der Waals surface area contributed by atoms with Gasteiger partial charge >= 0.3 is 5.69 Å². The van der Waals surface area contributed by atoms with Gasteiger partial charge < -0.3 is 9.38 Å². The molecule has 0 aliphatic heterocycles. The van der Waals surface area contributed by atoms with Gasteiger partial charge in [-0.15, -0.1) is 0 Å². The van der Waals surface area contributed by atoms with E-state index in [1.54, 1.807) is 6.20 Å². The molecule has 0 atom stereocenters. The van der Waals surface area contributed by atoms with Crippen LogP contribution in [0.1, 0.15) is 0 Å². The minimum Gasteiger partial charge on any atom is -0.321 e. The van der Waals surface area contributed by atoms with Crippen LogP contribution in [0, 0.1) is 0 Å². The van der Waals surface area contributed by atoms with Crippen molar-refractivity contribution in [2.75, 3.05) is 0 Å². The molecular weight excluding hydrogens is 178 g/mol. The van der Waals surface area contributed by atoms with Crippen LogP contribution in [0.3, 0.4) is 0 Å². The molecule has 0 fully saturated rings. The minimum absolute atomic E-state index is 0.312. The summed E-state index contributed by atoms with van der Waals surface area (Å²) >= 11 is 0. The summed E-state index contributed by atoms with van der Waals surface area (Å²) in [6.07, 6.45) is 5.42. The Kier molecular flexibility index (Phi) is 1.28. The molecule has 3 rings (SSSR count). The van der Waals surface area contributed by atoms with Crippen LogP contribution in [-0.2, 0) is 0 Å². The van der Waals surface area contributed by atoms with Gasteiger partial charge in [0.15, 0.2) is 0 Å². The Morgan fingerprint density at radius 2 is 2.29 bits per heavy atom. The molecule has 1 N–H and O–H groups in total. The fraction of sp³-hybridized carbons (Fsp3) is 0. The van der Waals surface area contributed by atoms with Crippen molar-refractivity contribution in [3.8, 4) is 0 Å². The number of pyridine rings is 1. The van der Waals surface area contributed by atoms with Gasteiger partial charge in [0.2, 0.25) is 0 Å². The Hall–Kier alpha value is -2.10. The van der Waals surface area contributed by atoms with E-state index in [9.17, 15) is 4.79 Å². The topological polar surface area (TPSA) is 50.2 Å². The zero-order chi connectivity index (χ0) is 9.54. The van der Waals surface area contributed by atoms with E-state index >= 15 is 0 Å².